The number of carbonyl (C=O) groups excluding carboxylic acids is 1. The number of amides is 1. The van der Waals surface area contributed by atoms with Crippen molar-refractivity contribution in [1.82, 2.24) is 5.32 Å². The second-order valence-electron chi connectivity index (χ2n) is 6.50. The van der Waals surface area contributed by atoms with Crippen molar-refractivity contribution < 1.29 is 22.3 Å². The average Bonchev–Trinajstić information content (AvgIpc) is 2.64. The lowest BCUT2D eigenvalue weighted by Crippen LogP contribution is -2.41. The average molecular weight is 408 g/mol. The van der Waals surface area contributed by atoms with E-state index in [2.05, 4.69) is 5.32 Å². The highest BCUT2D eigenvalue weighted by Crippen LogP contribution is 2.24. The number of hydrogen-bond acceptors (Lipinski definition) is 4. The summed E-state index contributed by atoms with van der Waals surface area (Å²) in [6.07, 6.45) is 1.64. The summed E-state index contributed by atoms with van der Waals surface area (Å²) >= 11 is 0. The molecule has 0 heterocycles. The Hall–Kier alpha value is -2.61. The largest absolute Gasteiger partial charge is 0.496 e. The van der Waals surface area contributed by atoms with E-state index in [1.165, 1.54) is 12.1 Å². The maximum Gasteiger partial charge on any atom is 0.241 e. The van der Waals surface area contributed by atoms with Gasteiger partial charge in [0.15, 0.2) is 0 Å². The molecule has 28 heavy (non-hydrogen) atoms. The maximum absolute atomic E-state index is 13.1. The molecule has 8 heteroatoms. The van der Waals surface area contributed by atoms with Crippen LogP contribution in [0, 0.1) is 12.7 Å². The number of halogens is 1. The quantitative estimate of drug-likeness (QED) is 0.728. The lowest BCUT2D eigenvalue weighted by atomic mass is 10.0. The topological polar surface area (TPSA) is 75.7 Å². The third-order valence-corrected chi connectivity index (χ3v) is 5.51. The standard InChI is InChI=1S/C20H25FN2O4S/c1-5-18(15-6-11-19(27-3)14(2)12-15)22-20(24)13-23(28(4,25)26)17-9-7-16(21)8-10-17/h6-12,18H,5,13H2,1-4H3,(H,22,24)/t18-/m0/s1. The fourth-order valence-corrected chi connectivity index (χ4v) is 3.77. The van der Waals surface area contributed by atoms with Crippen LogP contribution in [0.25, 0.3) is 0 Å². The summed E-state index contributed by atoms with van der Waals surface area (Å²) in [6, 6.07) is 10.3. The predicted molar refractivity (Wildman–Crippen MR) is 107 cm³/mol. The van der Waals surface area contributed by atoms with Crippen molar-refractivity contribution in [2.75, 3.05) is 24.2 Å². The van der Waals surface area contributed by atoms with Crippen LogP contribution < -0.4 is 14.4 Å². The van der Waals surface area contributed by atoms with Gasteiger partial charge in [-0.2, -0.15) is 0 Å². The summed E-state index contributed by atoms with van der Waals surface area (Å²) in [5.74, 6) is -0.179. The van der Waals surface area contributed by atoms with Crippen LogP contribution in [-0.2, 0) is 14.8 Å². The van der Waals surface area contributed by atoms with Gasteiger partial charge >= 0.3 is 0 Å². The van der Waals surface area contributed by atoms with Gasteiger partial charge < -0.3 is 10.1 Å². The second kappa shape index (κ2) is 9.05. The molecule has 0 fully saturated rings. The molecule has 1 N–H and O–H groups in total. The van der Waals surface area contributed by atoms with Gasteiger partial charge in [-0.25, -0.2) is 12.8 Å². The third kappa shape index (κ3) is 5.45. The summed E-state index contributed by atoms with van der Waals surface area (Å²) in [5, 5.41) is 2.87. The lowest BCUT2D eigenvalue weighted by Gasteiger charge is -2.24. The number of nitrogens with zero attached hydrogens (tertiary/aromatic N) is 1. The Morgan fingerprint density at radius 2 is 1.86 bits per heavy atom. The van der Waals surface area contributed by atoms with E-state index >= 15 is 0 Å². The molecule has 0 spiro atoms. The summed E-state index contributed by atoms with van der Waals surface area (Å²) in [7, 11) is -2.12. The highest BCUT2D eigenvalue weighted by molar-refractivity contribution is 7.92. The van der Waals surface area contributed by atoms with Crippen molar-refractivity contribution in [3.8, 4) is 5.75 Å². The summed E-state index contributed by atoms with van der Waals surface area (Å²) in [4.78, 5) is 12.6. The second-order valence-corrected chi connectivity index (χ2v) is 8.41. The number of methoxy groups -OCH3 is 1. The summed E-state index contributed by atoms with van der Waals surface area (Å²) in [6.45, 7) is 3.45. The van der Waals surface area contributed by atoms with E-state index in [-0.39, 0.29) is 11.7 Å². The number of aryl methyl sites for hydroxylation is 1. The fraction of sp³-hybridized carbons (Fsp3) is 0.350. The van der Waals surface area contributed by atoms with Crippen LogP contribution in [0.3, 0.4) is 0 Å². The summed E-state index contributed by atoms with van der Waals surface area (Å²) in [5.41, 5.74) is 2.08. The zero-order valence-electron chi connectivity index (χ0n) is 16.4. The molecule has 152 valence electrons. The number of hydrogen-bond donors (Lipinski definition) is 1. The molecule has 0 bridgehead atoms. The van der Waals surface area contributed by atoms with Crippen molar-refractivity contribution in [3.05, 3.63) is 59.4 Å². The predicted octanol–water partition coefficient (Wildman–Crippen LogP) is 3.18. The number of carbonyl (C=O) groups is 1. The molecular weight excluding hydrogens is 383 g/mol. The normalized spacial score (nSPS) is 12.3. The van der Waals surface area contributed by atoms with E-state index in [1.807, 2.05) is 32.0 Å². The number of benzene rings is 2. The van der Waals surface area contributed by atoms with Gasteiger partial charge in [-0.15, -0.1) is 0 Å². The molecule has 0 saturated heterocycles. The van der Waals surface area contributed by atoms with E-state index < -0.39 is 28.3 Å². The Kier molecular flexibility index (Phi) is 7.01. The Bertz CT molecular complexity index is 930. The van der Waals surface area contributed by atoms with Crippen LogP contribution in [0.1, 0.15) is 30.5 Å². The van der Waals surface area contributed by atoms with E-state index in [0.717, 1.165) is 39.6 Å². The van der Waals surface area contributed by atoms with Crippen molar-refractivity contribution in [3.63, 3.8) is 0 Å². The first-order chi connectivity index (χ1) is 13.2. The highest BCUT2D eigenvalue weighted by Gasteiger charge is 2.22. The van der Waals surface area contributed by atoms with Gasteiger partial charge in [-0.3, -0.25) is 9.10 Å². The minimum Gasteiger partial charge on any atom is -0.496 e. The van der Waals surface area contributed by atoms with Gasteiger partial charge in [0.25, 0.3) is 0 Å². The molecule has 2 aromatic carbocycles. The van der Waals surface area contributed by atoms with Crippen molar-refractivity contribution in [2.24, 2.45) is 0 Å². The van der Waals surface area contributed by atoms with Gasteiger partial charge in [0.1, 0.15) is 18.1 Å². The Morgan fingerprint density at radius 3 is 2.36 bits per heavy atom. The van der Waals surface area contributed by atoms with E-state index in [9.17, 15) is 17.6 Å². The lowest BCUT2D eigenvalue weighted by molar-refractivity contribution is -0.120. The first-order valence-corrected chi connectivity index (χ1v) is 10.7. The third-order valence-electron chi connectivity index (χ3n) is 4.37. The maximum atomic E-state index is 13.1. The number of rotatable bonds is 8. The van der Waals surface area contributed by atoms with Gasteiger partial charge in [-0.1, -0.05) is 19.1 Å². The Morgan fingerprint density at radius 1 is 1.21 bits per heavy atom. The zero-order chi connectivity index (χ0) is 20.9. The fourth-order valence-electron chi connectivity index (χ4n) is 2.92. The van der Waals surface area contributed by atoms with Gasteiger partial charge in [0.2, 0.25) is 15.9 Å². The number of nitrogens with one attached hydrogen (secondary N) is 1. The molecule has 6 nitrogen and oxygen atoms in total. The molecule has 0 aliphatic carbocycles. The van der Waals surface area contributed by atoms with Gasteiger partial charge in [0, 0.05) is 0 Å². The molecule has 1 atom stereocenters. The molecule has 0 aromatic heterocycles. The van der Waals surface area contributed by atoms with Crippen LogP contribution in [-0.4, -0.2) is 34.2 Å². The Balaban J connectivity index is 2.18. The van der Waals surface area contributed by atoms with Gasteiger partial charge in [0.05, 0.1) is 25.1 Å². The van der Waals surface area contributed by atoms with Crippen molar-refractivity contribution in [1.29, 1.82) is 0 Å². The minimum absolute atomic E-state index is 0.229. The van der Waals surface area contributed by atoms with Gasteiger partial charge in [-0.05, 0) is 54.8 Å². The molecule has 0 radical (unpaired) electrons. The van der Waals surface area contributed by atoms with Crippen LogP contribution in [0.5, 0.6) is 5.75 Å². The van der Waals surface area contributed by atoms with E-state index in [0.29, 0.717) is 6.42 Å². The Labute approximate surface area is 165 Å². The molecular formula is C20H25FN2O4S. The molecule has 1 amide bonds. The van der Waals surface area contributed by atoms with Crippen molar-refractivity contribution >= 4 is 21.6 Å². The minimum atomic E-state index is -3.72. The van der Waals surface area contributed by atoms with Crippen LogP contribution in [0.2, 0.25) is 0 Å². The molecule has 2 rings (SSSR count). The summed E-state index contributed by atoms with van der Waals surface area (Å²) < 4.78 is 43.6. The number of sulfonamides is 1. The van der Waals surface area contributed by atoms with Crippen LogP contribution >= 0.6 is 0 Å². The first kappa shape index (κ1) is 21.7. The number of anilines is 1. The van der Waals surface area contributed by atoms with E-state index in [1.54, 1.807) is 7.11 Å². The molecule has 0 saturated carbocycles. The SMILES string of the molecule is CC[C@H](NC(=O)CN(c1ccc(F)cc1)S(C)(=O)=O)c1ccc(OC)c(C)c1. The number of ether oxygens (including phenoxy) is 1. The molecule has 0 unspecified atom stereocenters. The zero-order valence-corrected chi connectivity index (χ0v) is 17.2. The molecule has 0 aliphatic heterocycles. The van der Waals surface area contributed by atoms with E-state index in [4.69, 9.17) is 4.74 Å². The van der Waals surface area contributed by atoms with Crippen molar-refractivity contribution in [2.45, 2.75) is 26.3 Å². The highest BCUT2D eigenvalue weighted by atomic mass is 32.2. The van der Waals surface area contributed by atoms with Crippen LogP contribution in [0.15, 0.2) is 42.5 Å². The monoisotopic (exact) mass is 408 g/mol. The van der Waals surface area contributed by atoms with Crippen LogP contribution in [0.4, 0.5) is 10.1 Å². The first-order valence-electron chi connectivity index (χ1n) is 8.83. The molecule has 0 aliphatic rings. The smallest absolute Gasteiger partial charge is 0.241 e. The molecule has 2 aromatic rings.